The highest BCUT2D eigenvalue weighted by atomic mass is 16.2. The maximum Gasteiger partial charge on any atom is 0.246 e. The summed E-state index contributed by atoms with van der Waals surface area (Å²) >= 11 is 0. The van der Waals surface area contributed by atoms with Gasteiger partial charge in [-0.25, -0.2) is 0 Å². The summed E-state index contributed by atoms with van der Waals surface area (Å²) in [6.07, 6.45) is 3.80. The van der Waals surface area contributed by atoms with Crippen LogP contribution in [0.5, 0.6) is 0 Å². The molecule has 1 rings (SSSR count). The van der Waals surface area contributed by atoms with Gasteiger partial charge in [0.05, 0.1) is 0 Å². The van der Waals surface area contributed by atoms with Crippen molar-refractivity contribution in [2.24, 2.45) is 11.7 Å². The number of rotatable bonds is 12. The Kier molecular flexibility index (Phi) is 11.0. The van der Waals surface area contributed by atoms with Crippen LogP contribution in [0.4, 0.5) is 5.69 Å². The SMILES string of the molecule is CCc1ccc(NC(=O)[C@H](C)NC(=O)C(NC(=O)CCCCCN)C(C)C)cc1. The normalized spacial score (nSPS) is 12.9. The molecule has 0 saturated carbocycles. The standard InChI is InChI=1S/C22H36N4O3/c1-5-17-10-12-18(13-11-17)25-21(28)16(4)24-22(29)20(15(2)3)26-19(27)9-7-6-8-14-23/h10-13,15-16,20H,5-9,14,23H2,1-4H3,(H,24,29)(H,25,28)(H,26,27)/t16-,20?/m0/s1. The lowest BCUT2D eigenvalue weighted by Gasteiger charge is -2.24. The third-order valence-electron chi connectivity index (χ3n) is 4.76. The summed E-state index contributed by atoms with van der Waals surface area (Å²) in [5, 5.41) is 8.29. The Morgan fingerprint density at radius 1 is 0.931 bits per heavy atom. The molecule has 2 atom stereocenters. The Morgan fingerprint density at radius 2 is 1.59 bits per heavy atom. The van der Waals surface area contributed by atoms with Crippen molar-refractivity contribution in [3.8, 4) is 0 Å². The Balaban J connectivity index is 2.56. The van der Waals surface area contributed by atoms with Gasteiger partial charge < -0.3 is 21.7 Å². The molecule has 0 bridgehead atoms. The highest BCUT2D eigenvalue weighted by Crippen LogP contribution is 2.11. The number of unbranched alkanes of at least 4 members (excludes halogenated alkanes) is 2. The van der Waals surface area contributed by atoms with E-state index >= 15 is 0 Å². The summed E-state index contributed by atoms with van der Waals surface area (Å²) in [7, 11) is 0. The number of benzene rings is 1. The third kappa shape index (κ3) is 9.09. The summed E-state index contributed by atoms with van der Waals surface area (Å²) < 4.78 is 0. The summed E-state index contributed by atoms with van der Waals surface area (Å²) in [5.74, 6) is -0.929. The zero-order chi connectivity index (χ0) is 21.8. The molecule has 5 N–H and O–H groups in total. The molecule has 0 aliphatic carbocycles. The second-order valence-corrected chi connectivity index (χ2v) is 7.66. The topological polar surface area (TPSA) is 113 Å². The summed E-state index contributed by atoms with van der Waals surface area (Å²) in [6, 6.07) is 6.18. The first-order chi connectivity index (χ1) is 13.8. The minimum atomic E-state index is -0.726. The fourth-order valence-electron chi connectivity index (χ4n) is 2.83. The second kappa shape index (κ2) is 12.9. The summed E-state index contributed by atoms with van der Waals surface area (Å²) in [5.41, 5.74) is 7.32. The number of carbonyl (C=O) groups excluding carboxylic acids is 3. The lowest BCUT2D eigenvalue weighted by molar-refractivity contribution is -0.131. The molecule has 162 valence electrons. The van der Waals surface area contributed by atoms with Gasteiger partial charge in [-0.3, -0.25) is 14.4 Å². The summed E-state index contributed by atoms with van der Waals surface area (Å²) in [6.45, 7) is 8.02. The van der Waals surface area contributed by atoms with Gasteiger partial charge in [0.1, 0.15) is 12.1 Å². The minimum Gasteiger partial charge on any atom is -0.344 e. The number of nitrogens with two attached hydrogens (primary N) is 1. The maximum atomic E-state index is 12.6. The smallest absolute Gasteiger partial charge is 0.246 e. The number of hydrogen-bond acceptors (Lipinski definition) is 4. The third-order valence-corrected chi connectivity index (χ3v) is 4.76. The van der Waals surface area contributed by atoms with Gasteiger partial charge in [0.2, 0.25) is 17.7 Å². The van der Waals surface area contributed by atoms with Crippen molar-refractivity contribution in [3.63, 3.8) is 0 Å². The van der Waals surface area contributed by atoms with Gasteiger partial charge in [-0.15, -0.1) is 0 Å². The van der Waals surface area contributed by atoms with Crippen LogP contribution in [-0.4, -0.2) is 36.3 Å². The van der Waals surface area contributed by atoms with Crippen LogP contribution in [-0.2, 0) is 20.8 Å². The molecule has 0 spiro atoms. The first-order valence-electron chi connectivity index (χ1n) is 10.5. The molecular formula is C22H36N4O3. The molecule has 0 heterocycles. The number of hydrogen-bond donors (Lipinski definition) is 4. The highest BCUT2D eigenvalue weighted by molar-refractivity contribution is 5.98. The molecule has 0 aromatic heterocycles. The highest BCUT2D eigenvalue weighted by Gasteiger charge is 2.26. The van der Waals surface area contributed by atoms with Crippen LogP contribution in [0.15, 0.2) is 24.3 Å². The Bertz CT molecular complexity index is 659. The predicted octanol–water partition coefficient (Wildman–Crippen LogP) is 2.35. The van der Waals surface area contributed by atoms with Crippen LogP contribution in [0.1, 0.15) is 58.9 Å². The number of aryl methyl sites for hydroxylation is 1. The van der Waals surface area contributed by atoms with E-state index in [1.165, 1.54) is 5.56 Å². The quantitative estimate of drug-likeness (QED) is 0.400. The van der Waals surface area contributed by atoms with Gasteiger partial charge >= 0.3 is 0 Å². The molecule has 0 radical (unpaired) electrons. The molecule has 1 aromatic carbocycles. The molecule has 7 nitrogen and oxygen atoms in total. The van der Waals surface area contributed by atoms with Crippen molar-refractivity contribution in [2.45, 2.75) is 71.9 Å². The Labute approximate surface area is 174 Å². The van der Waals surface area contributed by atoms with E-state index in [1.807, 2.05) is 38.1 Å². The Hall–Kier alpha value is -2.41. The number of anilines is 1. The van der Waals surface area contributed by atoms with Gasteiger partial charge in [0.25, 0.3) is 0 Å². The zero-order valence-electron chi connectivity index (χ0n) is 18.1. The van der Waals surface area contributed by atoms with Gasteiger partial charge in [0.15, 0.2) is 0 Å². The first kappa shape index (κ1) is 24.6. The van der Waals surface area contributed by atoms with Crippen LogP contribution >= 0.6 is 0 Å². The van der Waals surface area contributed by atoms with Gasteiger partial charge in [-0.05, 0) is 56.3 Å². The monoisotopic (exact) mass is 404 g/mol. The molecule has 1 unspecified atom stereocenters. The van der Waals surface area contributed by atoms with Crippen molar-refractivity contribution in [3.05, 3.63) is 29.8 Å². The van der Waals surface area contributed by atoms with Crippen molar-refractivity contribution >= 4 is 23.4 Å². The average Bonchev–Trinajstić information content (AvgIpc) is 2.69. The molecule has 3 amide bonds. The van der Waals surface area contributed by atoms with Gasteiger partial charge in [-0.1, -0.05) is 39.3 Å². The molecule has 7 heteroatoms. The molecule has 0 aliphatic rings. The van der Waals surface area contributed by atoms with E-state index in [-0.39, 0.29) is 23.6 Å². The molecule has 0 saturated heterocycles. The van der Waals surface area contributed by atoms with Crippen molar-refractivity contribution in [2.75, 3.05) is 11.9 Å². The van der Waals surface area contributed by atoms with Crippen LogP contribution in [0.2, 0.25) is 0 Å². The fraction of sp³-hybridized carbons (Fsp3) is 0.591. The van der Waals surface area contributed by atoms with E-state index in [9.17, 15) is 14.4 Å². The molecule has 29 heavy (non-hydrogen) atoms. The van der Waals surface area contributed by atoms with E-state index in [4.69, 9.17) is 5.73 Å². The van der Waals surface area contributed by atoms with Crippen LogP contribution < -0.4 is 21.7 Å². The maximum absolute atomic E-state index is 12.6. The van der Waals surface area contributed by atoms with E-state index < -0.39 is 12.1 Å². The van der Waals surface area contributed by atoms with E-state index in [0.29, 0.717) is 18.7 Å². The van der Waals surface area contributed by atoms with E-state index in [1.54, 1.807) is 6.92 Å². The number of amides is 3. The van der Waals surface area contributed by atoms with Gasteiger partial charge in [-0.2, -0.15) is 0 Å². The van der Waals surface area contributed by atoms with Crippen LogP contribution in [0, 0.1) is 5.92 Å². The minimum absolute atomic E-state index is 0.0974. The zero-order valence-corrected chi connectivity index (χ0v) is 18.1. The molecule has 0 aliphatic heterocycles. The van der Waals surface area contributed by atoms with Crippen LogP contribution in [0.3, 0.4) is 0 Å². The molecule has 0 fully saturated rings. The second-order valence-electron chi connectivity index (χ2n) is 7.66. The van der Waals surface area contributed by atoms with Crippen molar-refractivity contribution in [1.29, 1.82) is 0 Å². The Morgan fingerprint density at radius 3 is 2.14 bits per heavy atom. The average molecular weight is 405 g/mol. The number of nitrogens with one attached hydrogen (secondary N) is 3. The van der Waals surface area contributed by atoms with Crippen LogP contribution in [0.25, 0.3) is 0 Å². The first-order valence-corrected chi connectivity index (χ1v) is 10.5. The number of carbonyl (C=O) groups is 3. The molecule has 1 aromatic rings. The lowest BCUT2D eigenvalue weighted by atomic mass is 10.0. The predicted molar refractivity (Wildman–Crippen MR) is 116 cm³/mol. The summed E-state index contributed by atoms with van der Waals surface area (Å²) in [4.78, 5) is 37.2. The van der Waals surface area contributed by atoms with Crippen molar-refractivity contribution in [1.82, 2.24) is 10.6 Å². The van der Waals surface area contributed by atoms with E-state index in [2.05, 4.69) is 22.9 Å². The fourth-order valence-corrected chi connectivity index (χ4v) is 2.83. The van der Waals surface area contributed by atoms with Crippen molar-refractivity contribution < 1.29 is 14.4 Å². The van der Waals surface area contributed by atoms with E-state index in [0.717, 1.165) is 25.7 Å². The van der Waals surface area contributed by atoms with Gasteiger partial charge in [0, 0.05) is 12.1 Å². The lowest BCUT2D eigenvalue weighted by Crippen LogP contribution is -2.53. The molecular weight excluding hydrogens is 368 g/mol. The largest absolute Gasteiger partial charge is 0.344 e.